The second kappa shape index (κ2) is 4.49. The lowest BCUT2D eigenvalue weighted by atomic mass is 10.1. The first-order chi connectivity index (χ1) is 8.35. The predicted molar refractivity (Wildman–Crippen MR) is 72.1 cm³/mol. The molecular weight excluding hydrogens is 250 g/mol. The first kappa shape index (κ1) is 12.7. The molecule has 2 rings (SSSR count). The summed E-state index contributed by atoms with van der Waals surface area (Å²) in [4.78, 5) is 0. The van der Waals surface area contributed by atoms with Crippen LogP contribution >= 0.6 is 0 Å². The normalized spacial score (nSPS) is 11.5. The van der Waals surface area contributed by atoms with Crippen molar-refractivity contribution in [2.45, 2.75) is 13.8 Å². The molecule has 5 heteroatoms. The zero-order valence-electron chi connectivity index (χ0n) is 10.5. The number of nitrogens with one attached hydrogen (secondary N) is 1. The molecule has 0 fully saturated rings. The van der Waals surface area contributed by atoms with Gasteiger partial charge in [-0.15, -0.1) is 0 Å². The second-order valence-corrected chi connectivity index (χ2v) is 6.08. The van der Waals surface area contributed by atoms with E-state index in [1.165, 1.54) is 0 Å². The van der Waals surface area contributed by atoms with Gasteiger partial charge in [0.25, 0.3) is 0 Å². The van der Waals surface area contributed by atoms with E-state index in [2.05, 4.69) is 4.72 Å². The molecule has 4 nitrogen and oxygen atoms in total. The van der Waals surface area contributed by atoms with Crippen molar-refractivity contribution in [2.75, 3.05) is 11.0 Å². The third-order valence-corrected chi connectivity index (χ3v) is 3.07. The van der Waals surface area contributed by atoms with Crippen LogP contribution in [0.5, 0.6) is 0 Å². The van der Waals surface area contributed by atoms with Crippen molar-refractivity contribution < 1.29 is 12.8 Å². The van der Waals surface area contributed by atoms with E-state index in [9.17, 15) is 8.42 Å². The van der Waals surface area contributed by atoms with Gasteiger partial charge in [0.15, 0.2) is 0 Å². The average molecular weight is 265 g/mol. The Balaban J connectivity index is 2.53. The van der Waals surface area contributed by atoms with Crippen molar-refractivity contribution >= 4 is 15.7 Å². The Bertz CT molecular complexity index is 671. The van der Waals surface area contributed by atoms with E-state index in [1.807, 2.05) is 38.1 Å². The molecule has 0 atom stereocenters. The molecular formula is C13H15NO3S. The van der Waals surface area contributed by atoms with Crippen LogP contribution in [0.3, 0.4) is 0 Å². The standard InChI is InChI=1S/C13H15NO3S/c1-9-4-6-11(13-7-5-10(2)17-13)12(8-9)14-18(3,15)16/h4-8,14H,1-3H3. The van der Waals surface area contributed by atoms with E-state index in [0.29, 0.717) is 11.4 Å². The fourth-order valence-electron chi connectivity index (χ4n) is 1.74. The molecule has 0 aliphatic carbocycles. The zero-order chi connectivity index (χ0) is 13.3. The maximum absolute atomic E-state index is 11.4. The Hall–Kier alpha value is -1.75. The summed E-state index contributed by atoms with van der Waals surface area (Å²) in [6, 6.07) is 9.23. The summed E-state index contributed by atoms with van der Waals surface area (Å²) >= 11 is 0. The molecule has 0 saturated carbocycles. The van der Waals surface area contributed by atoms with E-state index < -0.39 is 10.0 Å². The lowest BCUT2D eigenvalue weighted by Crippen LogP contribution is -2.10. The van der Waals surface area contributed by atoms with Gasteiger partial charge < -0.3 is 4.42 Å². The highest BCUT2D eigenvalue weighted by Gasteiger charge is 2.12. The van der Waals surface area contributed by atoms with Crippen LogP contribution in [0.25, 0.3) is 11.3 Å². The topological polar surface area (TPSA) is 59.3 Å². The maximum Gasteiger partial charge on any atom is 0.229 e. The second-order valence-electron chi connectivity index (χ2n) is 4.33. The van der Waals surface area contributed by atoms with Gasteiger partial charge in [0.05, 0.1) is 11.9 Å². The van der Waals surface area contributed by atoms with Crippen LogP contribution in [-0.4, -0.2) is 14.7 Å². The summed E-state index contributed by atoms with van der Waals surface area (Å²) in [6.45, 7) is 3.76. The first-order valence-corrected chi connectivity index (χ1v) is 7.39. The molecule has 0 amide bonds. The molecule has 1 heterocycles. The molecule has 0 radical (unpaired) electrons. The summed E-state index contributed by atoms with van der Waals surface area (Å²) in [5.74, 6) is 1.44. The van der Waals surface area contributed by atoms with Gasteiger partial charge in [-0.3, -0.25) is 4.72 Å². The Kier molecular flexibility index (Phi) is 3.17. The minimum atomic E-state index is -3.31. The summed E-state index contributed by atoms with van der Waals surface area (Å²) in [5.41, 5.74) is 2.25. The molecule has 0 saturated heterocycles. The maximum atomic E-state index is 11.4. The lowest BCUT2D eigenvalue weighted by molar-refractivity contribution is 0.548. The van der Waals surface area contributed by atoms with Gasteiger partial charge in [0, 0.05) is 5.56 Å². The Labute approximate surface area is 107 Å². The smallest absolute Gasteiger partial charge is 0.229 e. The van der Waals surface area contributed by atoms with Crippen LogP contribution in [0.15, 0.2) is 34.7 Å². The summed E-state index contributed by atoms with van der Waals surface area (Å²) in [6.07, 6.45) is 1.13. The number of sulfonamides is 1. The number of hydrogen-bond donors (Lipinski definition) is 1. The van der Waals surface area contributed by atoms with Crippen molar-refractivity contribution in [2.24, 2.45) is 0 Å². The number of furan rings is 1. The highest BCUT2D eigenvalue weighted by Crippen LogP contribution is 2.30. The molecule has 0 aliphatic rings. The van der Waals surface area contributed by atoms with Crippen molar-refractivity contribution in [3.8, 4) is 11.3 Å². The molecule has 1 aromatic carbocycles. The number of anilines is 1. The molecule has 0 spiro atoms. The van der Waals surface area contributed by atoms with Crippen molar-refractivity contribution in [3.63, 3.8) is 0 Å². The Morgan fingerprint density at radius 3 is 2.39 bits per heavy atom. The van der Waals surface area contributed by atoms with Crippen LogP contribution in [0.1, 0.15) is 11.3 Å². The zero-order valence-corrected chi connectivity index (χ0v) is 11.3. The van der Waals surface area contributed by atoms with Crippen molar-refractivity contribution in [1.82, 2.24) is 0 Å². The predicted octanol–water partition coefficient (Wildman–Crippen LogP) is 2.93. The first-order valence-electron chi connectivity index (χ1n) is 5.50. The molecule has 0 unspecified atom stereocenters. The quantitative estimate of drug-likeness (QED) is 0.928. The van der Waals surface area contributed by atoms with Gasteiger partial charge in [-0.1, -0.05) is 6.07 Å². The third-order valence-electron chi connectivity index (χ3n) is 2.48. The fraction of sp³-hybridized carbons (Fsp3) is 0.231. The number of aryl methyl sites for hydroxylation is 2. The SMILES string of the molecule is Cc1ccc(-c2ccc(C)o2)c(NS(C)(=O)=O)c1. The van der Waals surface area contributed by atoms with E-state index in [-0.39, 0.29) is 0 Å². The molecule has 96 valence electrons. The molecule has 18 heavy (non-hydrogen) atoms. The highest BCUT2D eigenvalue weighted by atomic mass is 32.2. The Morgan fingerprint density at radius 2 is 1.83 bits per heavy atom. The minimum Gasteiger partial charge on any atom is -0.461 e. The third kappa shape index (κ3) is 2.92. The van der Waals surface area contributed by atoms with Crippen LogP contribution in [0.2, 0.25) is 0 Å². The molecule has 1 aromatic heterocycles. The monoisotopic (exact) mass is 265 g/mol. The lowest BCUT2D eigenvalue weighted by Gasteiger charge is -2.10. The van der Waals surface area contributed by atoms with Gasteiger partial charge in [-0.05, 0) is 43.7 Å². The van der Waals surface area contributed by atoms with Crippen LogP contribution in [0.4, 0.5) is 5.69 Å². The molecule has 2 aromatic rings. The molecule has 0 aliphatic heterocycles. The summed E-state index contributed by atoms with van der Waals surface area (Å²) < 4.78 is 30.8. The largest absolute Gasteiger partial charge is 0.461 e. The van der Waals surface area contributed by atoms with Gasteiger partial charge in [-0.2, -0.15) is 0 Å². The summed E-state index contributed by atoms with van der Waals surface area (Å²) in [5, 5.41) is 0. The van der Waals surface area contributed by atoms with Gasteiger partial charge in [0.1, 0.15) is 11.5 Å². The number of benzene rings is 1. The molecule has 0 bridgehead atoms. The van der Waals surface area contributed by atoms with Crippen molar-refractivity contribution in [3.05, 3.63) is 41.7 Å². The summed E-state index contributed by atoms with van der Waals surface area (Å²) in [7, 11) is -3.31. The average Bonchev–Trinajstić information content (AvgIpc) is 2.62. The van der Waals surface area contributed by atoms with E-state index in [0.717, 1.165) is 23.1 Å². The van der Waals surface area contributed by atoms with Crippen LogP contribution < -0.4 is 4.72 Å². The minimum absolute atomic E-state index is 0.534. The van der Waals surface area contributed by atoms with Crippen LogP contribution in [-0.2, 0) is 10.0 Å². The van der Waals surface area contributed by atoms with E-state index in [4.69, 9.17) is 4.42 Å². The van der Waals surface area contributed by atoms with Gasteiger partial charge in [-0.25, -0.2) is 8.42 Å². The van der Waals surface area contributed by atoms with E-state index in [1.54, 1.807) is 6.07 Å². The van der Waals surface area contributed by atoms with Crippen LogP contribution in [0, 0.1) is 13.8 Å². The Morgan fingerprint density at radius 1 is 1.11 bits per heavy atom. The van der Waals surface area contributed by atoms with E-state index >= 15 is 0 Å². The number of rotatable bonds is 3. The highest BCUT2D eigenvalue weighted by molar-refractivity contribution is 7.92. The van der Waals surface area contributed by atoms with Gasteiger partial charge in [0.2, 0.25) is 10.0 Å². The fourth-order valence-corrected chi connectivity index (χ4v) is 2.30. The van der Waals surface area contributed by atoms with Gasteiger partial charge >= 0.3 is 0 Å². The van der Waals surface area contributed by atoms with Crippen molar-refractivity contribution in [1.29, 1.82) is 0 Å². The number of hydrogen-bond acceptors (Lipinski definition) is 3. The molecule has 1 N–H and O–H groups in total.